The maximum Gasteiger partial charge on any atom is 0.232 e. The van der Waals surface area contributed by atoms with Gasteiger partial charge in [0.15, 0.2) is 10.8 Å². The van der Waals surface area contributed by atoms with E-state index in [-0.39, 0.29) is 31.4 Å². The van der Waals surface area contributed by atoms with E-state index in [1.807, 2.05) is 0 Å². The molecule has 0 bridgehead atoms. The third-order valence-corrected chi connectivity index (χ3v) is 3.00. The van der Waals surface area contributed by atoms with E-state index in [1.165, 1.54) is 6.92 Å². The monoisotopic (exact) mass is 353 g/mol. The van der Waals surface area contributed by atoms with Crippen molar-refractivity contribution in [1.29, 1.82) is 0 Å². The van der Waals surface area contributed by atoms with Gasteiger partial charge in [-0.15, -0.1) is 24.8 Å². The average molecular weight is 355 g/mol. The lowest BCUT2D eigenvalue weighted by molar-refractivity contribution is -0.132. The SMILES string of the molecule is C[C@@H](C(N)=O)C(=O)NCc1cnc2[nH]nc(Cl)c2c1.Cl.Cl. The number of hydrogen-bond donors (Lipinski definition) is 3. The number of carbonyl (C=O) groups is 2. The second-order valence-electron chi connectivity index (χ2n) is 4.10. The number of rotatable bonds is 4. The van der Waals surface area contributed by atoms with Gasteiger partial charge in [-0.05, 0) is 18.6 Å². The van der Waals surface area contributed by atoms with Crippen molar-refractivity contribution in [2.45, 2.75) is 13.5 Å². The molecule has 0 aromatic carbocycles. The van der Waals surface area contributed by atoms with Crippen LogP contribution in [-0.2, 0) is 16.1 Å². The summed E-state index contributed by atoms with van der Waals surface area (Å²) < 4.78 is 0. The van der Waals surface area contributed by atoms with Gasteiger partial charge in [-0.3, -0.25) is 14.7 Å². The number of aromatic nitrogens is 3. The van der Waals surface area contributed by atoms with Crippen molar-refractivity contribution in [3.63, 3.8) is 0 Å². The Morgan fingerprint density at radius 2 is 2.14 bits per heavy atom. The number of hydrogen-bond acceptors (Lipinski definition) is 4. The van der Waals surface area contributed by atoms with E-state index in [1.54, 1.807) is 12.3 Å². The van der Waals surface area contributed by atoms with Crippen molar-refractivity contribution in [1.82, 2.24) is 20.5 Å². The van der Waals surface area contributed by atoms with Crippen LogP contribution in [0.2, 0.25) is 5.15 Å². The molecule has 2 aromatic rings. The molecule has 2 heterocycles. The lowest BCUT2D eigenvalue weighted by atomic mass is 10.1. The average Bonchev–Trinajstić information content (AvgIpc) is 2.76. The molecule has 4 N–H and O–H groups in total. The van der Waals surface area contributed by atoms with Gasteiger partial charge in [0.2, 0.25) is 11.8 Å². The van der Waals surface area contributed by atoms with Gasteiger partial charge < -0.3 is 11.1 Å². The number of nitrogens with one attached hydrogen (secondary N) is 2. The molecule has 0 aliphatic carbocycles. The van der Waals surface area contributed by atoms with Crippen LogP contribution in [0.1, 0.15) is 12.5 Å². The Balaban J connectivity index is 0.00000200. The highest BCUT2D eigenvalue weighted by atomic mass is 35.5. The Labute approximate surface area is 137 Å². The van der Waals surface area contributed by atoms with Crippen LogP contribution in [0.15, 0.2) is 12.3 Å². The minimum atomic E-state index is -0.866. The van der Waals surface area contributed by atoms with Crippen molar-refractivity contribution in [3.8, 4) is 0 Å². The van der Waals surface area contributed by atoms with Gasteiger partial charge in [0.1, 0.15) is 5.92 Å². The van der Waals surface area contributed by atoms with Gasteiger partial charge in [0, 0.05) is 12.7 Å². The highest BCUT2D eigenvalue weighted by Crippen LogP contribution is 2.19. The molecule has 21 heavy (non-hydrogen) atoms. The van der Waals surface area contributed by atoms with E-state index < -0.39 is 17.7 Å². The number of H-pyrrole nitrogens is 1. The van der Waals surface area contributed by atoms with Gasteiger partial charge in [-0.2, -0.15) is 5.10 Å². The summed E-state index contributed by atoms with van der Waals surface area (Å²) in [6.45, 7) is 1.69. The van der Waals surface area contributed by atoms with Crippen LogP contribution in [0.3, 0.4) is 0 Å². The molecular formula is C11H14Cl3N5O2. The van der Waals surface area contributed by atoms with Gasteiger partial charge in [-0.1, -0.05) is 11.6 Å². The maximum absolute atomic E-state index is 11.6. The van der Waals surface area contributed by atoms with E-state index in [9.17, 15) is 9.59 Å². The molecule has 2 amide bonds. The fourth-order valence-electron chi connectivity index (χ4n) is 1.48. The quantitative estimate of drug-likeness (QED) is 0.716. The minimum absolute atomic E-state index is 0. The van der Waals surface area contributed by atoms with Crippen LogP contribution in [0.25, 0.3) is 11.0 Å². The van der Waals surface area contributed by atoms with Crippen LogP contribution in [0.4, 0.5) is 0 Å². The number of nitrogens with zero attached hydrogens (tertiary/aromatic N) is 2. The topological polar surface area (TPSA) is 114 Å². The summed E-state index contributed by atoms with van der Waals surface area (Å²) in [6, 6.07) is 1.77. The van der Waals surface area contributed by atoms with E-state index in [2.05, 4.69) is 20.5 Å². The number of fused-ring (bicyclic) bond motifs is 1. The summed E-state index contributed by atoms with van der Waals surface area (Å²) in [4.78, 5) is 26.5. The molecule has 7 nitrogen and oxygen atoms in total. The minimum Gasteiger partial charge on any atom is -0.369 e. The first kappa shape index (κ1) is 19.4. The Bertz CT molecular complexity index is 646. The zero-order valence-corrected chi connectivity index (χ0v) is 13.3. The number of carbonyl (C=O) groups excluding carboxylic acids is 2. The third-order valence-electron chi connectivity index (χ3n) is 2.71. The van der Waals surface area contributed by atoms with E-state index >= 15 is 0 Å². The van der Waals surface area contributed by atoms with E-state index in [0.717, 1.165) is 5.56 Å². The van der Waals surface area contributed by atoms with Crippen LogP contribution in [0.5, 0.6) is 0 Å². The molecule has 0 aliphatic rings. The molecule has 0 radical (unpaired) electrons. The zero-order valence-electron chi connectivity index (χ0n) is 10.9. The second kappa shape index (κ2) is 8.02. The molecule has 2 rings (SSSR count). The Hall–Kier alpha value is -1.57. The number of primary amides is 1. The van der Waals surface area contributed by atoms with Crippen LogP contribution in [0, 0.1) is 5.92 Å². The van der Waals surface area contributed by atoms with Crippen LogP contribution < -0.4 is 11.1 Å². The second-order valence-corrected chi connectivity index (χ2v) is 4.45. The Kier molecular flexibility index (Phi) is 7.42. The summed E-state index contributed by atoms with van der Waals surface area (Å²) in [5.41, 5.74) is 6.37. The number of pyridine rings is 1. The van der Waals surface area contributed by atoms with Gasteiger partial charge in [-0.25, -0.2) is 4.98 Å². The fraction of sp³-hybridized carbons (Fsp3) is 0.273. The molecular weight excluding hydrogens is 341 g/mol. The summed E-state index contributed by atoms with van der Waals surface area (Å²) in [7, 11) is 0. The first-order valence-electron chi connectivity index (χ1n) is 5.54. The van der Waals surface area contributed by atoms with E-state index in [4.69, 9.17) is 17.3 Å². The number of nitrogens with two attached hydrogens (primary N) is 1. The Morgan fingerprint density at radius 3 is 2.76 bits per heavy atom. The van der Waals surface area contributed by atoms with Crippen LogP contribution in [-0.4, -0.2) is 27.0 Å². The largest absolute Gasteiger partial charge is 0.369 e. The molecule has 0 spiro atoms. The van der Waals surface area contributed by atoms with Crippen molar-refractivity contribution in [2.24, 2.45) is 11.7 Å². The van der Waals surface area contributed by atoms with Gasteiger partial charge in [0.25, 0.3) is 0 Å². The molecule has 0 saturated carbocycles. The van der Waals surface area contributed by atoms with Crippen LogP contribution >= 0.6 is 36.4 Å². The summed E-state index contributed by atoms with van der Waals surface area (Å²) in [5.74, 6) is -1.95. The normalized spacial score (nSPS) is 11.1. The highest BCUT2D eigenvalue weighted by molar-refractivity contribution is 6.34. The van der Waals surface area contributed by atoms with Crippen molar-refractivity contribution >= 4 is 59.3 Å². The molecule has 0 aliphatic heterocycles. The maximum atomic E-state index is 11.6. The molecule has 0 unspecified atom stereocenters. The Morgan fingerprint density at radius 1 is 1.48 bits per heavy atom. The lowest BCUT2D eigenvalue weighted by Crippen LogP contribution is -2.36. The lowest BCUT2D eigenvalue weighted by Gasteiger charge is -2.08. The predicted octanol–water partition coefficient (Wildman–Crippen LogP) is 1.19. The summed E-state index contributed by atoms with van der Waals surface area (Å²) in [6.07, 6.45) is 1.59. The highest BCUT2D eigenvalue weighted by Gasteiger charge is 2.18. The standard InChI is InChI=1S/C11H12ClN5O2.2ClH/c1-5(9(13)18)11(19)15-4-6-2-7-8(12)16-17-10(7)14-3-6;;/h2-3,5H,4H2,1H3,(H2,13,18)(H,15,19)(H,14,16,17);2*1H/t5-;;/m0../s1. The first-order valence-corrected chi connectivity index (χ1v) is 5.92. The van der Waals surface area contributed by atoms with Crippen molar-refractivity contribution < 1.29 is 9.59 Å². The van der Waals surface area contributed by atoms with Gasteiger partial charge in [0.05, 0.1) is 5.39 Å². The smallest absolute Gasteiger partial charge is 0.232 e. The molecule has 0 saturated heterocycles. The van der Waals surface area contributed by atoms with Gasteiger partial charge >= 0.3 is 0 Å². The molecule has 116 valence electrons. The number of halogens is 3. The molecule has 0 fully saturated rings. The summed E-state index contributed by atoms with van der Waals surface area (Å²) in [5, 5.41) is 10.1. The first-order chi connectivity index (χ1) is 8.99. The fourth-order valence-corrected chi connectivity index (χ4v) is 1.67. The molecule has 2 aromatic heterocycles. The number of aromatic amines is 1. The van der Waals surface area contributed by atoms with Crippen molar-refractivity contribution in [3.05, 3.63) is 23.0 Å². The third kappa shape index (κ3) is 4.45. The molecule has 1 atom stereocenters. The molecule has 10 heteroatoms. The van der Waals surface area contributed by atoms with Crippen molar-refractivity contribution in [2.75, 3.05) is 0 Å². The zero-order chi connectivity index (χ0) is 14.0. The summed E-state index contributed by atoms with van der Waals surface area (Å²) >= 11 is 5.87. The van der Waals surface area contributed by atoms with E-state index in [0.29, 0.717) is 16.2 Å². The predicted molar refractivity (Wildman–Crippen MR) is 83.6 cm³/mol. The number of amides is 2.